The van der Waals surface area contributed by atoms with Crippen molar-refractivity contribution in [2.45, 2.75) is 32.8 Å². The van der Waals surface area contributed by atoms with Crippen molar-refractivity contribution in [3.05, 3.63) is 24.3 Å². The summed E-state index contributed by atoms with van der Waals surface area (Å²) >= 11 is 0. The minimum absolute atomic E-state index is 0.274. The van der Waals surface area contributed by atoms with Crippen LogP contribution in [-0.2, 0) is 19.1 Å². The number of carbonyl (C=O) groups excluding carboxylic acids is 3. The normalized spacial score (nSPS) is 30.5. The molecule has 1 aliphatic heterocycles. The number of hydrogen-bond acceptors (Lipinski definition) is 4. The Kier molecular flexibility index (Phi) is 3.30. The lowest BCUT2D eigenvalue weighted by Crippen LogP contribution is -2.47. The molecule has 0 spiro atoms. The smallest absolute Gasteiger partial charge is 0.333 e. The first-order chi connectivity index (χ1) is 8.89. The molecule has 0 saturated carbocycles. The van der Waals surface area contributed by atoms with Gasteiger partial charge in [0.1, 0.15) is 11.5 Å². The van der Waals surface area contributed by atoms with Gasteiger partial charge in [0.05, 0.1) is 5.92 Å². The third-order valence-corrected chi connectivity index (χ3v) is 3.91. The van der Waals surface area contributed by atoms with Crippen LogP contribution in [0.3, 0.4) is 0 Å². The average molecular weight is 263 g/mol. The third kappa shape index (κ3) is 1.99. The summed E-state index contributed by atoms with van der Waals surface area (Å²) in [6.07, 6.45) is 4.13. The van der Waals surface area contributed by atoms with Crippen molar-refractivity contribution in [1.29, 1.82) is 0 Å². The number of nitrogens with one attached hydrogen (secondary N) is 1. The fourth-order valence-corrected chi connectivity index (χ4v) is 2.77. The van der Waals surface area contributed by atoms with Crippen LogP contribution in [0.25, 0.3) is 0 Å². The van der Waals surface area contributed by atoms with Gasteiger partial charge in [0.2, 0.25) is 11.8 Å². The lowest BCUT2D eigenvalue weighted by Gasteiger charge is -2.36. The van der Waals surface area contributed by atoms with Gasteiger partial charge in [-0.05, 0) is 26.7 Å². The van der Waals surface area contributed by atoms with E-state index < -0.39 is 23.4 Å². The van der Waals surface area contributed by atoms with E-state index in [4.69, 9.17) is 4.74 Å². The molecule has 0 radical (unpaired) electrons. The number of fused-ring (bicyclic) bond motifs is 1. The number of rotatable bonds is 3. The predicted octanol–water partition coefficient (Wildman–Crippen LogP) is 1.10. The Hall–Kier alpha value is -1.91. The van der Waals surface area contributed by atoms with E-state index in [0.717, 1.165) is 0 Å². The van der Waals surface area contributed by atoms with Crippen molar-refractivity contribution in [3.8, 4) is 0 Å². The molecule has 1 fully saturated rings. The van der Waals surface area contributed by atoms with Crippen LogP contribution >= 0.6 is 0 Å². The molecule has 2 amide bonds. The summed E-state index contributed by atoms with van der Waals surface area (Å²) in [5.41, 5.74) is -0.701. The molecule has 2 aliphatic rings. The van der Waals surface area contributed by atoms with E-state index in [9.17, 15) is 14.4 Å². The van der Waals surface area contributed by atoms with E-state index in [1.807, 2.05) is 6.08 Å². The molecule has 0 bridgehead atoms. The summed E-state index contributed by atoms with van der Waals surface area (Å²) in [6.45, 7) is 6.72. The quantitative estimate of drug-likeness (QED) is 0.358. The van der Waals surface area contributed by atoms with Gasteiger partial charge in [0.15, 0.2) is 0 Å². The van der Waals surface area contributed by atoms with Crippen LogP contribution in [0.15, 0.2) is 24.3 Å². The summed E-state index contributed by atoms with van der Waals surface area (Å²) in [6, 6.07) is 0. The van der Waals surface area contributed by atoms with E-state index >= 15 is 0 Å². The summed E-state index contributed by atoms with van der Waals surface area (Å²) in [5, 5.41) is 2.34. The van der Waals surface area contributed by atoms with Crippen molar-refractivity contribution in [3.63, 3.8) is 0 Å². The molecule has 19 heavy (non-hydrogen) atoms. The van der Waals surface area contributed by atoms with E-state index in [-0.39, 0.29) is 17.4 Å². The molecule has 5 nitrogen and oxygen atoms in total. The number of carbonyl (C=O) groups is 3. The van der Waals surface area contributed by atoms with E-state index in [2.05, 4.69) is 11.9 Å². The topological polar surface area (TPSA) is 72.5 Å². The highest BCUT2D eigenvalue weighted by Crippen LogP contribution is 2.45. The molecule has 1 heterocycles. The minimum atomic E-state index is -0.975. The molecule has 0 aromatic rings. The van der Waals surface area contributed by atoms with Crippen molar-refractivity contribution in [1.82, 2.24) is 5.32 Å². The Morgan fingerprint density at radius 1 is 1.58 bits per heavy atom. The molecule has 2 rings (SSSR count). The van der Waals surface area contributed by atoms with Gasteiger partial charge in [0, 0.05) is 5.57 Å². The first kappa shape index (κ1) is 13.5. The van der Waals surface area contributed by atoms with Crippen molar-refractivity contribution in [2.75, 3.05) is 0 Å². The molecule has 3 unspecified atom stereocenters. The van der Waals surface area contributed by atoms with Crippen LogP contribution in [0.2, 0.25) is 0 Å². The Morgan fingerprint density at radius 2 is 2.26 bits per heavy atom. The molecule has 0 aromatic heterocycles. The second-order valence-corrected chi connectivity index (χ2v) is 5.13. The monoisotopic (exact) mass is 263 g/mol. The summed E-state index contributed by atoms with van der Waals surface area (Å²) in [4.78, 5) is 35.6. The second-order valence-electron chi connectivity index (χ2n) is 5.13. The molecule has 1 N–H and O–H groups in total. The summed E-state index contributed by atoms with van der Waals surface area (Å²) in [5.74, 6) is -1.77. The maximum atomic E-state index is 12.2. The lowest BCUT2D eigenvalue weighted by atomic mass is 9.67. The fourth-order valence-electron chi connectivity index (χ4n) is 2.77. The van der Waals surface area contributed by atoms with Gasteiger partial charge in [-0.3, -0.25) is 14.9 Å². The van der Waals surface area contributed by atoms with Crippen LogP contribution in [0.1, 0.15) is 26.7 Å². The molecule has 5 heteroatoms. The number of imide groups is 1. The van der Waals surface area contributed by atoms with Gasteiger partial charge in [-0.1, -0.05) is 18.7 Å². The lowest BCUT2D eigenvalue weighted by molar-refractivity contribution is -0.157. The largest absolute Gasteiger partial charge is 0.458 e. The molecular weight excluding hydrogens is 246 g/mol. The van der Waals surface area contributed by atoms with Gasteiger partial charge in [-0.2, -0.15) is 0 Å². The average Bonchev–Trinajstić information content (AvgIpc) is 2.63. The first-order valence-electron chi connectivity index (χ1n) is 6.28. The number of amides is 2. The Bertz CT molecular complexity index is 494. The maximum absolute atomic E-state index is 12.2. The zero-order valence-corrected chi connectivity index (χ0v) is 11.1. The summed E-state index contributed by atoms with van der Waals surface area (Å²) < 4.78 is 5.29. The van der Waals surface area contributed by atoms with Gasteiger partial charge in [-0.15, -0.1) is 0 Å². The molecule has 1 saturated heterocycles. The molecule has 3 atom stereocenters. The van der Waals surface area contributed by atoms with Gasteiger partial charge >= 0.3 is 5.97 Å². The van der Waals surface area contributed by atoms with E-state index in [1.54, 1.807) is 19.9 Å². The third-order valence-electron chi connectivity index (χ3n) is 3.91. The molecule has 102 valence electrons. The number of allylic oxidation sites excluding steroid dienone is 1. The maximum Gasteiger partial charge on any atom is 0.333 e. The number of esters is 1. The summed E-state index contributed by atoms with van der Waals surface area (Å²) in [7, 11) is 0. The SMILES string of the molecule is C=C(C)C(=O)OC(C)C12CCC=CC1C(=O)NC2=O. The predicted molar refractivity (Wildman–Crippen MR) is 67.8 cm³/mol. The minimum Gasteiger partial charge on any atom is -0.458 e. The highest BCUT2D eigenvalue weighted by atomic mass is 16.5. The second kappa shape index (κ2) is 4.64. The van der Waals surface area contributed by atoms with Crippen LogP contribution in [-0.4, -0.2) is 23.9 Å². The van der Waals surface area contributed by atoms with E-state index in [0.29, 0.717) is 12.8 Å². The van der Waals surface area contributed by atoms with Gasteiger partial charge in [0.25, 0.3) is 0 Å². The molecule has 1 aliphatic carbocycles. The number of hydrogen-bond donors (Lipinski definition) is 1. The zero-order valence-electron chi connectivity index (χ0n) is 11.1. The molecular formula is C14H17NO4. The highest BCUT2D eigenvalue weighted by Gasteiger charge is 2.59. The van der Waals surface area contributed by atoms with Crippen molar-refractivity contribution in [2.24, 2.45) is 11.3 Å². The molecule has 0 aromatic carbocycles. The van der Waals surface area contributed by atoms with Crippen LogP contribution in [0.5, 0.6) is 0 Å². The first-order valence-corrected chi connectivity index (χ1v) is 6.28. The fraction of sp³-hybridized carbons (Fsp3) is 0.500. The van der Waals surface area contributed by atoms with Gasteiger partial charge < -0.3 is 4.74 Å². The van der Waals surface area contributed by atoms with Crippen molar-refractivity contribution >= 4 is 17.8 Å². The van der Waals surface area contributed by atoms with Crippen LogP contribution in [0.4, 0.5) is 0 Å². The number of ether oxygens (including phenoxy) is 1. The Labute approximate surface area is 111 Å². The van der Waals surface area contributed by atoms with Crippen molar-refractivity contribution < 1.29 is 19.1 Å². The highest BCUT2D eigenvalue weighted by molar-refractivity contribution is 6.09. The Morgan fingerprint density at radius 3 is 2.89 bits per heavy atom. The zero-order chi connectivity index (χ0) is 14.2. The van der Waals surface area contributed by atoms with E-state index in [1.165, 1.54) is 0 Å². The Balaban J connectivity index is 2.31. The standard InChI is InChI=1S/C14H17NO4/c1-8(2)12(17)19-9(3)14-7-5-4-6-10(14)11(16)15-13(14)18/h4,6,9-10H,1,5,7H2,2-3H3,(H,15,16,18). The van der Waals surface area contributed by atoms with Crippen LogP contribution < -0.4 is 5.32 Å². The van der Waals surface area contributed by atoms with Crippen LogP contribution in [0, 0.1) is 11.3 Å². The van der Waals surface area contributed by atoms with Gasteiger partial charge in [-0.25, -0.2) is 4.79 Å².